The fourth-order valence-corrected chi connectivity index (χ4v) is 4.65. The van der Waals surface area contributed by atoms with Crippen molar-refractivity contribution in [3.05, 3.63) is 65.5 Å². The van der Waals surface area contributed by atoms with Crippen molar-refractivity contribution >= 4 is 13.7 Å². The van der Waals surface area contributed by atoms with Gasteiger partial charge in [0.1, 0.15) is 23.7 Å². The second-order valence-corrected chi connectivity index (χ2v) is 11.5. The monoisotopic (exact) mass is 606 g/mol. The molecule has 1 aromatic heterocycles. The van der Waals surface area contributed by atoms with Crippen molar-refractivity contribution in [3.63, 3.8) is 0 Å². The lowest BCUT2D eigenvalue weighted by Crippen LogP contribution is -2.39. The van der Waals surface area contributed by atoms with Crippen LogP contribution in [0.25, 0.3) is 0 Å². The number of alkyl carbamates (subject to hydrolysis) is 1. The smallest absolute Gasteiger partial charge is 0.422 e. The molecule has 0 spiro atoms. The number of pyridine rings is 1. The predicted molar refractivity (Wildman–Crippen MR) is 143 cm³/mol. The van der Waals surface area contributed by atoms with Crippen LogP contribution in [-0.2, 0) is 31.4 Å². The molecule has 1 N–H and O–H groups in total. The highest BCUT2D eigenvalue weighted by Gasteiger charge is 2.32. The molecular formula is C27H35F4N2O7P. The van der Waals surface area contributed by atoms with Crippen LogP contribution < -0.4 is 14.8 Å². The van der Waals surface area contributed by atoms with E-state index >= 15 is 4.39 Å². The first kappa shape index (κ1) is 34.1. The number of benzene rings is 1. The molecule has 14 heteroatoms. The van der Waals surface area contributed by atoms with Crippen molar-refractivity contribution in [2.75, 3.05) is 19.8 Å². The van der Waals surface area contributed by atoms with Gasteiger partial charge in [-0.3, -0.25) is 9.55 Å². The number of rotatable bonds is 14. The molecule has 228 valence electrons. The van der Waals surface area contributed by atoms with Crippen molar-refractivity contribution in [1.29, 1.82) is 0 Å². The Morgan fingerprint density at radius 2 is 1.66 bits per heavy atom. The molecular weight excluding hydrogens is 571 g/mol. The van der Waals surface area contributed by atoms with Gasteiger partial charge in [0, 0.05) is 12.3 Å². The molecule has 1 heterocycles. The summed E-state index contributed by atoms with van der Waals surface area (Å²) in [6, 6.07) is 8.26. The van der Waals surface area contributed by atoms with E-state index in [0.29, 0.717) is 17.0 Å². The summed E-state index contributed by atoms with van der Waals surface area (Å²) >= 11 is 0. The van der Waals surface area contributed by atoms with Gasteiger partial charge in [-0.2, -0.15) is 17.6 Å². The fraction of sp³-hybridized carbons (Fsp3) is 0.481. The molecule has 0 fully saturated rings. The van der Waals surface area contributed by atoms with E-state index in [-0.39, 0.29) is 32.0 Å². The first-order valence-corrected chi connectivity index (χ1v) is 14.3. The molecule has 0 saturated heterocycles. The lowest BCUT2D eigenvalue weighted by molar-refractivity contribution is -0.153. The third kappa shape index (κ3) is 12.9. The van der Waals surface area contributed by atoms with Gasteiger partial charge >= 0.3 is 19.9 Å². The Morgan fingerprint density at radius 1 is 1.02 bits per heavy atom. The minimum absolute atomic E-state index is 0.00769. The highest BCUT2D eigenvalue weighted by atomic mass is 31.2. The molecule has 1 atom stereocenters. The van der Waals surface area contributed by atoms with E-state index in [9.17, 15) is 22.5 Å². The number of carbonyl (C=O) groups is 1. The second-order valence-electron chi connectivity index (χ2n) is 9.60. The highest BCUT2D eigenvalue weighted by molar-refractivity contribution is 7.58. The molecule has 0 aliphatic heterocycles. The van der Waals surface area contributed by atoms with Gasteiger partial charge in [-0.25, -0.2) is 4.79 Å². The largest absolute Gasteiger partial charge is 0.487 e. The van der Waals surface area contributed by atoms with Crippen molar-refractivity contribution in [2.24, 2.45) is 0 Å². The van der Waals surface area contributed by atoms with Crippen molar-refractivity contribution < 1.29 is 50.2 Å². The van der Waals surface area contributed by atoms with Crippen LogP contribution in [0.1, 0.15) is 45.9 Å². The summed E-state index contributed by atoms with van der Waals surface area (Å²) in [6.07, 6.45) is -2.89. The van der Waals surface area contributed by atoms with Crippen LogP contribution >= 0.6 is 7.60 Å². The first-order valence-electron chi connectivity index (χ1n) is 12.7. The number of ether oxygens (including phenoxy) is 3. The minimum atomic E-state index is -4.46. The van der Waals surface area contributed by atoms with Gasteiger partial charge in [0.25, 0.3) is 0 Å². The van der Waals surface area contributed by atoms with E-state index in [1.807, 2.05) is 0 Å². The van der Waals surface area contributed by atoms with Crippen LogP contribution in [0.3, 0.4) is 0 Å². The Labute approximate surface area is 236 Å². The average molecular weight is 607 g/mol. The van der Waals surface area contributed by atoms with Crippen LogP contribution in [0.4, 0.5) is 22.4 Å². The van der Waals surface area contributed by atoms with Crippen LogP contribution in [0, 0.1) is 0 Å². The number of nitrogens with one attached hydrogen (secondary N) is 1. The maximum atomic E-state index is 15.1. The van der Waals surface area contributed by atoms with Gasteiger partial charge in [0.05, 0.1) is 24.9 Å². The van der Waals surface area contributed by atoms with Crippen molar-refractivity contribution in [3.8, 4) is 11.5 Å². The minimum Gasteiger partial charge on any atom is -0.487 e. The number of alkyl halides is 3. The Hall–Kier alpha value is -3.15. The van der Waals surface area contributed by atoms with Gasteiger partial charge in [0.15, 0.2) is 6.61 Å². The summed E-state index contributed by atoms with van der Waals surface area (Å²) in [4.78, 5) is 16.5. The highest BCUT2D eigenvalue weighted by Crippen LogP contribution is 2.56. The maximum Gasteiger partial charge on any atom is 0.422 e. The van der Waals surface area contributed by atoms with E-state index in [0.717, 1.165) is 6.08 Å². The molecule has 2 rings (SSSR count). The summed E-state index contributed by atoms with van der Waals surface area (Å²) in [5.74, 6) is 0.432. The summed E-state index contributed by atoms with van der Waals surface area (Å²) < 4.78 is 90.9. The van der Waals surface area contributed by atoms with Gasteiger partial charge in [0.2, 0.25) is 5.57 Å². The first-order chi connectivity index (χ1) is 19.1. The molecule has 0 radical (unpaired) electrons. The van der Waals surface area contributed by atoms with Crippen LogP contribution in [-0.4, -0.2) is 48.7 Å². The van der Waals surface area contributed by atoms with Crippen LogP contribution in [0.2, 0.25) is 0 Å². The molecule has 1 amide bonds. The molecule has 2 aromatic rings. The van der Waals surface area contributed by atoms with E-state index in [1.54, 1.807) is 58.9 Å². The zero-order valence-electron chi connectivity index (χ0n) is 23.5. The molecule has 41 heavy (non-hydrogen) atoms. The fourth-order valence-electron chi connectivity index (χ4n) is 3.29. The molecule has 0 bridgehead atoms. The van der Waals surface area contributed by atoms with E-state index in [2.05, 4.69) is 10.3 Å². The van der Waals surface area contributed by atoms with Gasteiger partial charge < -0.3 is 28.6 Å². The number of aromatic nitrogens is 1. The normalized spacial score (nSPS) is 13.4. The van der Waals surface area contributed by atoms with Gasteiger partial charge in [-0.05, 0) is 70.9 Å². The second kappa shape index (κ2) is 15.2. The topological polar surface area (TPSA) is 105 Å². The number of hydrogen-bond acceptors (Lipinski definition) is 8. The van der Waals surface area contributed by atoms with Crippen LogP contribution in [0.5, 0.6) is 11.5 Å². The number of carbonyl (C=O) groups excluding carboxylic acids is 1. The lowest BCUT2D eigenvalue weighted by Gasteiger charge is -2.23. The number of hydrogen-bond donors (Lipinski definition) is 1. The van der Waals surface area contributed by atoms with Crippen molar-refractivity contribution in [2.45, 2.75) is 65.5 Å². The standard InChI is InChI=1S/C27H35F4N2O7P/c1-6-38-41(35,39-7-2)24(28)16-20(33-25(34)40-26(3,4)5)14-19-8-10-22(11-9-19)36-17-21-15-23(12-13-32-21)37-18-27(29,30)31/h8-13,15-16,20H,6-7,14,17-18H2,1-5H3,(H,33,34)/t20-/m1/s1. The third-order valence-electron chi connectivity index (χ3n) is 4.86. The summed E-state index contributed by atoms with van der Waals surface area (Å²) in [6.45, 7) is 6.57. The molecule has 0 saturated carbocycles. The average Bonchev–Trinajstić information content (AvgIpc) is 2.86. The Morgan fingerprint density at radius 3 is 2.22 bits per heavy atom. The summed E-state index contributed by atoms with van der Waals surface area (Å²) in [5, 5.41) is 2.56. The third-order valence-corrected chi connectivity index (χ3v) is 6.73. The Bertz CT molecular complexity index is 1190. The summed E-state index contributed by atoms with van der Waals surface area (Å²) in [7, 11) is -4.20. The number of nitrogens with zero attached hydrogens (tertiary/aromatic N) is 1. The molecule has 0 aliphatic carbocycles. The van der Waals surface area contributed by atoms with Crippen LogP contribution in [0.15, 0.2) is 54.2 Å². The quantitative estimate of drug-likeness (QED) is 0.179. The van der Waals surface area contributed by atoms with E-state index < -0.39 is 43.7 Å². The Kier molecular flexibility index (Phi) is 12.6. The van der Waals surface area contributed by atoms with E-state index in [4.69, 9.17) is 23.3 Å². The Balaban J connectivity index is 2.13. The van der Waals surface area contributed by atoms with Gasteiger partial charge in [-0.1, -0.05) is 12.1 Å². The lowest BCUT2D eigenvalue weighted by atomic mass is 10.1. The zero-order valence-corrected chi connectivity index (χ0v) is 24.4. The number of halogens is 4. The summed E-state index contributed by atoms with van der Waals surface area (Å²) in [5.41, 5.74) is -0.938. The molecule has 0 unspecified atom stereocenters. The van der Waals surface area contributed by atoms with E-state index in [1.165, 1.54) is 18.3 Å². The van der Waals surface area contributed by atoms with Crippen molar-refractivity contribution in [1.82, 2.24) is 10.3 Å². The van der Waals surface area contributed by atoms with Gasteiger partial charge in [-0.15, -0.1) is 0 Å². The number of amides is 1. The molecule has 1 aromatic carbocycles. The predicted octanol–water partition coefficient (Wildman–Crippen LogP) is 7.11. The maximum absolute atomic E-state index is 15.1. The SMILES string of the molecule is CCOP(=O)(OCC)C(F)=C[C@@H](Cc1ccc(OCc2cc(OCC(F)(F)F)ccn2)cc1)NC(=O)OC(C)(C)C. The zero-order chi connectivity index (χ0) is 30.7. The molecule has 9 nitrogen and oxygen atoms in total. The molecule has 0 aliphatic rings.